The van der Waals surface area contributed by atoms with Crippen molar-refractivity contribution < 1.29 is 0 Å². The molecular formula is C6H8N2S3. The van der Waals surface area contributed by atoms with Gasteiger partial charge < -0.3 is 11.5 Å². The average Bonchev–Trinajstić information content (AvgIpc) is 1.97. The SMILES string of the molecule is Nc1c(S)cc(S)c(S)c1N. The molecule has 0 atom stereocenters. The van der Waals surface area contributed by atoms with E-state index in [-0.39, 0.29) is 0 Å². The summed E-state index contributed by atoms with van der Waals surface area (Å²) in [7, 11) is 0. The number of rotatable bonds is 0. The lowest BCUT2D eigenvalue weighted by atomic mass is 10.3. The van der Waals surface area contributed by atoms with Crippen molar-refractivity contribution in [3.63, 3.8) is 0 Å². The van der Waals surface area contributed by atoms with Gasteiger partial charge in [0, 0.05) is 14.7 Å². The Balaban J connectivity index is 3.46. The molecule has 0 saturated carbocycles. The van der Waals surface area contributed by atoms with Gasteiger partial charge in [-0.15, -0.1) is 37.9 Å². The van der Waals surface area contributed by atoms with Crippen molar-refractivity contribution in [1.29, 1.82) is 0 Å². The van der Waals surface area contributed by atoms with E-state index in [9.17, 15) is 0 Å². The minimum absolute atomic E-state index is 0.436. The number of anilines is 2. The molecule has 0 aromatic heterocycles. The molecule has 1 aromatic carbocycles. The van der Waals surface area contributed by atoms with Gasteiger partial charge in [0.05, 0.1) is 11.4 Å². The number of nitrogens with two attached hydrogens (primary N) is 2. The van der Waals surface area contributed by atoms with Crippen molar-refractivity contribution in [2.24, 2.45) is 0 Å². The molecule has 0 bridgehead atoms. The molecule has 2 nitrogen and oxygen atoms in total. The van der Waals surface area contributed by atoms with Crippen molar-refractivity contribution in [3.8, 4) is 0 Å². The molecule has 0 unspecified atom stereocenters. The van der Waals surface area contributed by atoms with Gasteiger partial charge >= 0.3 is 0 Å². The average molecular weight is 204 g/mol. The third-order valence-electron chi connectivity index (χ3n) is 1.34. The molecule has 0 aliphatic rings. The van der Waals surface area contributed by atoms with E-state index in [2.05, 4.69) is 37.9 Å². The number of nitrogen functional groups attached to an aromatic ring is 2. The van der Waals surface area contributed by atoms with Crippen LogP contribution in [0.15, 0.2) is 20.8 Å². The van der Waals surface area contributed by atoms with E-state index in [0.29, 0.717) is 26.1 Å². The standard InChI is InChI=1S/C6H8N2S3/c7-4-2(9)1-3(10)6(11)5(4)8/h1,9-11H,7-8H2. The molecule has 0 spiro atoms. The molecule has 1 rings (SSSR count). The van der Waals surface area contributed by atoms with Gasteiger partial charge in [-0.2, -0.15) is 0 Å². The molecule has 0 saturated heterocycles. The maximum absolute atomic E-state index is 5.58. The van der Waals surface area contributed by atoms with Crippen LogP contribution in [0, 0.1) is 0 Å². The molecule has 1 aromatic rings. The molecule has 11 heavy (non-hydrogen) atoms. The lowest BCUT2D eigenvalue weighted by Crippen LogP contribution is -1.97. The van der Waals surface area contributed by atoms with Crippen molar-refractivity contribution in [3.05, 3.63) is 6.07 Å². The highest BCUT2D eigenvalue weighted by atomic mass is 32.1. The fourth-order valence-corrected chi connectivity index (χ4v) is 1.47. The second kappa shape index (κ2) is 3.08. The highest BCUT2D eigenvalue weighted by Crippen LogP contribution is 2.34. The second-order valence-electron chi connectivity index (χ2n) is 2.09. The molecule has 0 amide bonds. The summed E-state index contributed by atoms with van der Waals surface area (Å²) in [6.45, 7) is 0. The Morgan fingerprint density at radius 2 is 1.45 bits per heavy atom. The summed E-state index contributed by atoms with van der Waals surface area (Å²) in [4.78, 5) is 1.92. The van der Waals surface area contributed by atoms with Crippen LogP contribution in [0.3, 0.4) is 0 Å². The van der Waals surface area contributed by atoms with E-state index in [4.69, 9.17) is 11.5 Å². The van der Waals surface area contributed by atoms with Crippen LogP contribution in [0.5, 0.6) is 0 Å². The van der Waals surface area contributed by atoms with Crippen LogP contribution in [-0.2, 0) is 0 Å². The third kappa shape index (κ3) is 1.55. The van der Waals surface area contributed by atoms with Gasteiger partial charge in [-0.1, -0.05) is 0 Å². The first kappa shape index (κ1) is 8.96. The lowest BCUT2D eigenvalue weighted by Gasteiger charge is -2.07. The quantitative estimate of drug-likeness (QED) is 0.330. The third-order valence-corrected chi connectivity index (χ3v) is 2.72. The van der Waals surface area contributed by atoms with Crippen LogP contribution in [0.4, 0.5) is 11.4 Å². The van der Waals surface area contributed by atoms with Crippen LogP contribution in [-0.4, -0.2) is 0 Å². The van der Waals surface area contributed by atoms with Gasteiger partial charge in [0.2, 0.25) is 0 Å². The number of thiol groups is 3. The Hall–Kier alpha value is -0.130. The highest BCUT2D eigenvalue weighted by molar-refractivity contribution is 7.84. The molecule has 5 heteroatoms. The summed E-state index contributed by atoms with van der Waals surface area (Å²) in [5.41, 5.74) is 12.0. The van der Waals surface area contributed by atoms with Gasteiger partial charge in [-0.25, -0.2) is 0 Å². The summed E-state index contributed by atoms with van der Waals surface area (Å²) in [5, 5.41) is 0. The van der Waals surface area contributed by atoms with Crippen molar-refractivity contribution in [2.75, 3.05) is 11.5 Å². The van der Waals surface area contributed by atoms with E-state index in [1.54, 1.807) is 6.07 Å². The largest absolute Gasteiger partial charge is 0.396 e. The van der Waals surface area contributed by atoms with Crippen LogP contribution < -0.4 is 11.5 Å². The summed E-state index contributed by atoms with van der Waals surface area (Å²) in [6.07, 6.45) is 0. The maximum atomic E-state index is 5.58. The Morgan fingerprint density at radius 1 is 0.909 bits per heavy atom. The van der Waals surface area contributed by atoms with Gasteiger partial charge in [-0.3, -0.25) is 0 Å². The van der Waals surface area contributed by atoms with E-state index in [0.717, 1.165) is 0 Å². The highest BCUT2D eigenvalue weighted by Gasteiger charge is 2.06. The molecule has 0 radical (unpaired) electrons. The summed E-state index contributed by atoms with van der Waals surface area (Å²) in [6, 6.07) is 1.71. The first-order chi connectivity index (χ1) is 5.04. The minimum atomic E-state index is 0.436. The lowest BCUT2D eigenvalue weighted by molar-refractivity contribution is 1.22. The predicted molar refractivity (Wildman–Crippen MR) is 57.0 cm³/mol. The predicted octanol–water partition coefficient (Wildman–Crippen LogP) is 1.72. The Bertz CT molecular complexity index is 272. The maximum Gasteiger partial charge on any atom is 0.0706 e. The van der Waals surface area contributed by atoms with Crippen molar-refractivity contribution in [2.45, 2.75) is 14.7 Å². The molecule has 60 valence electrons. The van der Waals surface area contributed by atoms with Gasteiger partial charge in [0.25, 0.3) is 0 Å². The minimum Gasteiger partial charge on any atom is -0.396 e. The van der Waals surface area contributed by atoms with Crippen molar-refractivity contribution >= 4 is 49.3 Å². The Kier molecular flexibility index (Phi) is 2.51. The number of benzene rings is 1. The Morgan fingerprint density at radius 3 is 2.00 bits per heavy atom. The van der Waals surface area contributed by atoms with Crippen LogP contribution >= 0.6 is 37.9 Å². The fourth-order valence-electron chi connectivity index (χ4n) is 0.679. The van der Waals surface area contributed by atoms with E-state index < -0.39 is 0 Å². The van der Waals surface area contributed by atoms with Crippen LogP contribution in [0.2, 0.25) is 0 Å². The van der Waals surface area contributed by atoms with Crippen LogP contribution in [0.25, 0.3) is 0 Å². The second-order valence-corrected chi connectivity index (χ2v) is 3.50. The first-order valence-electron chi connectivity index (χ1n) is 2.83. The molecule has 0 heterocycles. The smallest absolute Gasteiger partial charge is 0.0706 e. The fraction of sp³-hybridized carbons (Fsp3) is 0. The van der Waals surface area contributed by atoms with Gasteiger partial charge in [-0.05, 0) is 6.07 Å². The molecule has 0 fully saturated rings. The zero-order valence-corrected chi connectivity index (χ0v) is 8.26. The van der Waals surface area contributed by atoms with Gasteiger partial charge in [0.1, 0.15) is 0 Å². The summed E-state index contributed by atoms with van der Waals surface area (Å²) >= 11 is 12.3. The molecule has 0 aliphatic carbocycles. The zero-order chi connectivity index (χ0) is 8.59. The van der Waals surface area contributed by atoms with Gasteiger partial charge in [0.15, 0.2) is 0 Å². The summed E-state index contributed by atoms with van der Waals surface area (Å²) in [5.74, 6) is 0. The zero-order valence-electron chi connectivity index (χ0n) is 5.57. The van der Waals surface area contributed by atoms with E-state index in [1.807, 2.05) is 0 Å². The number of hydrogen-bond acceptors (Lipinski definition) is 5. The van der Waals surface area contributed by atoms with Crippen molar-refractivity contribution in [1.82, 2.24) is 0 Å². The monoisotopic (exact) mass is 204 g/mol. The van der Waals surface area contributed by atoms with E-state index in [1.165, 1.54) is 0 Å². The first-order valence-corrected chi connectivity index (χ1v) is 4.17. The topological polar surface area (TPSA) is 52.0 Å². The molecular weight excluding hydrogens is 196 g/mol. The van der Waals surface area contributed by atoms with E-state index >= 15 is 0 Å². The Labute approximate surface area is 81.6 Å². The molecule has 4 N–H and O–H groups in total. The summed E-state index contributed by atoms with van der Waals surface area (Å²) < 4.78 is 0. The molecule has 0 aliphatic heterocycles. The normalized spacial score (nSPS) is 10.1. The van der Waals surface area contributed by atoms with Crippen LogP contribution in [0.1, 0.15) is 0 Å². The number of hydrogen-bond donors (Lipinski definition) is 5.